The average molecular weight is 373 g/mol. The Balaban J connectivity index is 2.02. The van der Waals surface area contributed by atoms with Crippen LogP contribution in [0, 0.1) is 11.3 Å². The zero-order chi connectivity index (χ0) is 20.2. The number of ether oxygens (including phenoxy) is 1. The van der Waals surface area contributed by atoms with E-state index in [4.69, 9.17) is 4.74 Å². The zero-order valence-electron chi connectivity index (χ0n) is 15.6. The number of hydrogen-bond acceptors (Lipinski definition) is 6. The van der Waals surface area contributed by atoms with Crippen LogP contribution in [0.2, 0.25) is 0 Å². The normalized spacial score (nSPS) is 15.3. The van der Waals surface area contributed by atoms with Gasteiger partial charge in [-0.2, -0.15) is 5.26 Å². The van der Waals surface area contributed by atoms with E-state index in [0.717, 1.165) is 0 Å². The highest BCUT2D eigenvalue weighted by Crippen LogP contribution is 2.28. The Morgan fingerprint density at radius 3 is 2.22 bits per heavy atom. The van der Waals surface area contributed by atoms with Crippen molar-refractivity contribution >= 4 is 17.6 Å². The van der Waals surface area contributed by atoms with Crippen LogP contribution in [0.1, 0.15) is 26.3 Å². The molecule has 27 heavy (non-hydrogen) atoms. The molecule has 2 N–H and O–H groups in total. The topological polar surface area (TPSA) is 114 Å². The van der Waals surface area contributed by atoms with Gasteiger partial charge in [-0.05, 0) is 44.5 Å². The van der Waals surface area contributed by atoms with Crippen LogP contribution in [0.5, 0.6) is 11.5 Å². The first-order chi connectivity index (χ1) is 12.6. The minimum atomic E-state index is -0.579. The van der Waals surface area contributed by atoms with Gasteiger partial charge in [-0.1, -0.05) is 0 Å². The molecule has 8 nitrogen and oxygen atoms in total. The van der Waals surface area contributed by atoms with Crippen molar-refractivity contribution in [3.8, 4) is 17.6 Å². The number of amides is 2. The number of rotatable bonds is 2. The van der Waals surface area contributed by atoms with Crippen LogP contribution in [0.4, 0.5) is 4.79 Å². The molecular weight excluding hydrogens is 350 g/mol. The van der Waals surface area contributed by atoms with Crippen LogP contribution in [-0.2, 0) is 9.53 Å². The van der Waals surface area contributed by atoms with E-state index in [2.05, 4.69) is 0 Å². The second-order valence-electron chi connectivity index (χ2n) is 7.17. The highest BCUT2D eigenvalue weighted by molar-refractivity contribution is 5.98. The summed E-state index contributed by atoms with van der Waals surface area (Å²) in [5.74, 6) is -1.03. The molecule has 2 amide bonds. The number of carbonyl (C=O) groups is 2. The number of carbonyl (C=O) groups excluding carboxylic acids is 2. The fourth-order valence-corrected chi connectivity index (χ4v) is 2.52. The van der Waals surface area contributed by atoms with E-state index in [9.17, 15) is 25.1 Å². The minimum Gasteiger partial charge on any atom is -0.504 e. The average Bonchev–Trinajstić information content (AvgIpc) is 2.60. The maximum absolute atomic E-state index is 12.4. The van der Waals surface area contributed by atoms with Crippen LogP contribution < -0.4 is 0 Å². The van der Waals surface area contributed by atoms with Gasteiger partial charge in [0.1, 0.15) is 5.60 Å². The molecule has 1 aromatic carbocycles. The van der Waals surface area contributed by atoms with Gasteiger partial charge in [0, 0.05) is 32.3 Å². The summed E-state index contributed by atoms with van der Waals surface area (Å²) < 4.78 is 5.32. The summed E-state index contributed by atoms with van der Waals surface area (Å²) in [5, 5.41) is 28.2. The molecule has 2 rings (SSSR count). The highest BCUT2D eigenvalue weighted by atomic mass is 16.6. The molecule has 8 heteroatoms. The molecule has 0 spiro atoms. The van der Waals surface area contributed by atoms with Crippen molar-refractivity contribution in [2.75, 3.05) is 26.2 Å². The van der Waals surface area contributed by atoms with Crippen LogP contribution in [-0.4, -0.2) is 63.8 Å². The number of phenols is 2. The molecule has 1 aliphatic heterocycles. The van der Waals surface area contributed by atoms with Gasteiger partial charge in [0.2, 0.25) is 5.91 Å². The number of benzene rings is 1. The first-order valence-corrected chi connectivity index (χ1v) is 8.51. The molecular formula is C19H23N3O5. The van der Waals surface area contributed by atoms with Crippen LogP contribution in [0.3, 0.4) is 0 Å². The van der Waals surface area contributed by atoms with Crippen molar-refractivity contribution in [3.63, 3.8) is 0 Å². The van der Waals surface area contributed by atoms with E-state index in [1.54, 1.807) is 30.6 Å². The first-order valence-electron chi connectivity index (χ1n) is 8.51. The van der Waals surface area contributed by atoms with Crippen molar-refractivity contribution < 1.29 is 24.5 Å². The van der Waals surface area contributed by atoms with Crippen molar-refractivity contribution in [3.05, 3.63) is 29.8 Å². The second-order valence-corrected chi connectivity index (χ2v) is 7.17. The zero-order valence-corrected chi connectivity index (χ0v) is 15.6. The Bertz CT molecular complexity index is 797. The third kappa shape index (κ3) is 5.38. The largest absolute Gasteiger partial charge is 0.504 e. The number of phenolic OH excluding ortho intramolecular Hbond substituents is 2. The lowest BCUT2D eigenvalue weighted by Crippen LogP contribution is -2.51. The quantitative estimate of drug-likeness (QED) is 0.466. The molecule has 0 radical (unpaired) electrons. The predicted molar refractivity (Wildman–Crippen MR) is 97.7 cm³/mol. The molecule has 1 aliphatic rings. The summed E-state index contributed by atoms with van der Waals surface area (Å²) >= 11 is 0. The predicted octanol–water partition coefficient (Wildman–Crippen LogP) is 2.08. The third-order valence-electron chi connectivity index (χ3n) is 3.92. The Morgan fingerprint density at radius 1 is 1.11 bits per heavy atom. The van der Waals surface area contributed by atoms with Gasteiger partial charge < -0.3 is 24.7 Å². The van der Waals surface area contributed by atoms with Crippen molar-refractivity contribution in [2.45, 2.75) is 26.4 Å². The third-order valence-corrected chi connectivity index (χ3v) is 3.92. The van der Waals surface area contributed by atoms with Gasteiger partial charge >= 0.3 is 6.09 Å². The van der Waals surface area contributed by atoms with Crippen LogP contribution in [0.25, 0.3) is 5.57 Å². The molecule has 0 atom stereocenters. The maximum atomic E-state index is 12.4. The monoisotopic (exact) mass is 373 g/mol. The number of nitrogens with zero attached hydrogens (tertiary/aromatic N) is 3. The van der Waals surface area contributed by atoms with E-state index in [0.29, 0.717) is 31.7 Å². The fraction of sp³-hybridized carbons (Fsp3) is 0.421. The summed E-state index contributed by atoms with van der Waals surface area (Å²) in [6.45, 7) is 6.72. The number of nitriles is 1. The molecule has 0 aromatic heterocycles. The molecule has 1 aromatic rings. The van der Waals surface area contributed by atoms with Gasteiger partial charge in [0.15, 0.2) is 11.5 Å². The van der Waals surface area contributed by atoms with E-state index in [1.165, 1.54) is 24.3 Å². The van der Waals surface area contributed by atoms with Gasteiger partial charge in [-0.3, -0.25) is 4.79 Å². The Kier molecular flexibility index (Phi) is 5.95. The van der Waals surface area contributed by atoms with Gasteiger partial charge in [-0.15, -0.1) is 0 Å². The highest BCUT2D eigenvalue weighted by Gasteiger charge is 2.27. The molecule has 1 saturated heterocycles. The van der Waals surface area contributed by atoms with Gasteiger partial charge in [0.05, 0.1) is 11.6 Å². The summed E-state index contributed by atoms with van der Waals surface area (Å²) in [7, 11) is 0. The van der Waals surface area contributed by atoms with Crippen molar-refractivity contribution in [1.29, 1.82) is 5.26 Å². The SMILES string of the molecule is CC(C)(C)OC(=O)N1CCN(C(=O)C=C(C#N)c2ccc(O)c(O)c2)CC1. The lowest BCUT2D eigenvalue weighted by Gasteiger charge is -2.35. The van der Waals surface area contributed by atoms with E-state index >= 15 is 0 Å². The first kappa shape index (κ1) is 20.1. The number of allylic oxidation sites excluding steroid dienone is 1. The molecule has 0 saturated carbocycles. The number of piperazine rings is 1. The Morgan fingerprint density at radius 2 is 1.70 bits per heavy atom. The Labute approximate surface area is 157 Å². The summed E-state index contributed by atoms with van der Waals surface area (Å²) in [5.41, 5.74) is -0.178. The van der Waals surface area contributed by atoms with E-state index in [1.807, 2.05) is 6.07 Å². The second kappa shape index (κ2) is 7.99. The van der Waals surface area contributed by atoms with E-state index in [-0.39, 0.29) is 23.0 Å². The fourth-order valence-electron chi connectivity index (χ4n) is 2.52. The number of hydrogen-bond donors (Lipinski definition) is 2. The van der Waals surface area contributed by atoms with E-state index < -0.39 is 11.7 Å². The van der Waals surface area contributed by atoms with Crippen molar-refractivity contribution in [1.82, 2.24) is 9.80 Å². The standard InChI is InChI=1S/C19H23N3O5/c1-19(2,3)27-18(26)22-8-6-21(7-9-22)17(25)11-14(12-20)13-4-5-15(23)16(24)10-13/h4-5,10-11,23-24H,6-9H2,1-3H3. The number of aromatic hydroxyl groups is 2. The lowest BCUT2D eigenvalue weighted by atomic mass is 10.1. The minimum absolute atomic E-state index is 0.0740. The van der Waals surface area contributed by atoms with Crippen LogP contribution >= 0.6 is 0 Å². The van der Waals surface area contributed by atoms with Gasteiger partial charge in [0.25, 0.3) is 0 Å². The molecule has 0 unspecified atom stereocenters. The maximum Gasteiger partial charge on any atom is 0.410 e. The Hall–Kier alpha value is -3.21. The summed E-state index contributed by atoms with van der Waals surface area (Å²) in [4.78, 5) is 27.6. The summed E-state index contributed by atoms with van der Waals surface area (Å²) in [6.07, 6.45) is 0.775. The molecule has 0 bridgehead atoms. The van der Waals surface area contributed by atoms with Gasteiger partial charge in [-0.25, -0.2) is 4.79 Å². The molecule has 144 valence electrons. The molecule has 1 fully saturated rings. The lowest BCUT2D eigenvalue weighted by molar-refractivity contribution is -0.127. The summed E-state index contributed by atoms with van der Waals surface area (Å²) in [6, 6.07) is 5.84. The van der Waals surface area contributed by atoms with Crippen LogP contribution in [0.15, 0.2) is 24.3 Å². The van der Waals surface area contributed by atoms with Crippen molar-refractivity contribution in [2.24, 2.45) is 0 Å². The smallest absolute Gasteiger partial charge is 0.410 e. The molecule has 0 aliphatic carbocycles. The molecule has 1 heterocycles.